The van der Waals surface area contributed by atoms with Crippen molar-refractivity contribution in [1.82, 2.24) is 14.9 Å². The third-order valence-corrected chi connectivity index (χ3v) is 4.40. The van der Waals surface area contributed by atoms with Crippen LogP contribution in [0.25, 0.3) is 0 Å². The molecule has 0 radical (unpaired) electrons. The summed E-state index contributed by atoms with van der Waals surface area (Å²) in [5, 5.41) is 6.79. The first-order valence-electron chi connectivity index (χ1n) is 8.85. The molecule has 1 aromatic carbocycles. The molecule has 134 valence electrons. The van der Waals surface area contributed by atoms with E-state index in [1.165, 1.54) is 11.1 Å². The normalized spacial score (nSPS) is 15.2. The van der Waals surface area contributed by atoms with Gasteiger partial charge in [-0.3, -0.25) is 4.90 Å². The maximum Gasteiger partial charge on any atom is 0.224 e. The standard InChI is InChI=1S/C19H27N5O/c1-14-5-4-6-15(2)18(14)22-17-13-16(3)21-19(23-17)20-7-8-24-9-11-25-12-10-24/h4-6,13H,7-12H2,1-3H3,(H2,20,21,22,23). The van der Waals surface area contributed by atoms with E-state index >= 15 is 0 Å². The zero-order valence-electron chi connectivity index (χ0n) is 15.3. The molecule has 0 atom stereocenters. The Morgan fingerprint density at radius 1 is 1.08 bits per heavy atom. The van der Waals surface area contributed by atoms with Crippen LogP contribution in [0.5, 0.6) is 0 Å². The van der Waals surface area contributed by atoms with Gasteiger partial charge in [0.05, 0.1) is 13.2 Å². The van der Waals surface area contributed by atoms with Gasteiger partial charge in [0, 0.05) is 43.6 Å². The summed E-state index contributed by atoms with van der Waals surface area (Å²) in [6, 6.07) is 8.24. The van der Waals surface area contributed by atoms with Gasteiger partial charge in [0.15, 0.2) is 0 Å². The summed E-state index contributed by atoms with van der Waals surface area (Å²) < 4.78 is 5.38. The van der Waals surface area contributed by atoms with Crippen LogP contribution in [0, 0.1) is 20.8 Å². The number of nitrogens with one attached hydrogen (secondary N) is 2. The minimum absolute atomic E-state index is 0.669. The molecule has 0 unspecified atom stereocenters. The lowest BCUT2D eigenvalue weighted by Crippen LogP contribution is -2.39. The summed E-state index contributed by atoms with van der Waals surface area (Å²) in [4.78, 5) is 11.5. The fourth-order valence-electron chi connectivity index (χ4n) is 3.00. The summed E-state index contributed by atoms with van der Waals surface area (Å²) >= 11 is 0. The summed E-state index contributed by atoms with van der Waals surface area (Å²) in [6.07, 6.45) is 0. The van der Waals surface area contributed by atoms with E-state index in [0.717, 1.165) is 56.6 Å². The Morgan fingerprint density at radius 3 is 2.52 bits per heavy atom. The van der Waals surface area contributed by atoms with Crippen LogP contribution < -0.4 is 10.6 Å². The molecule has 0 saturated carbocycles. The molecular weight excluding hydrogens is 314 g/mol. The third kappa shape index (κ3) is 4.90. The molecule has 0 bridgehead atoms. The molecule has 1 aromatic heterocycles. The van der Waals surface area contributed by atoms with Crippen molar-refractivity contribution in [2.45, 2.75) is 20.8 Å². The molecule has 1 fully saturated rings. The minimum atomic E-state index is 0.669. The van der Waals surface area contributed by atoms with Crippen LogP contribution in [0.1, 0.15) is 16.8 Å². The van der Waals surface area contributed by atoms with Crippen LogP contribution in [0.4, 0.5) is 17.5 Å². The molecule has 1 aliphatic rings. The lowest BCUT2D eigenvalue weighted by atomic mass is 10.1. The molecule has 2 heterocycles. The number of morpholine rings is 1. The van der Waals surface area contributed by atoms with Gasteiger partial charge in [0.1, 0.15) is 5.82 Å². The average molecular weight is 341 g/mol. The number of anilines is 3. The third-order valence-electron chi connectivity index (χ3n) is 4.40. The number of aromatic nitrogens is 2. The van der Waals surface area contributed by atoms with Crippen LogP contribution in [0.2, 0.25) is 0 Å². The van der Waals surface area contributed by atoms with E-state index in [1.54, 1.807) is 0 Å². The molecule has 6 heteroatoms. The SMILES string of the molecule is Cc1cc(Nc2c(C)cccc2C)nc(NCCN2CCOCC2)n1. The molecule has 2 N–H and O–H groups in total. The number of ether oxygens (including phenoxy) is 1. The zero-order valence-corrected chi connectivity index (χ0v) is 15.3. The second kappa shape index (κ2) is 8.27. The minimum Gasteiger partial charge on any atom is -0.379 e. The second-order valence-electron chi connectivity index (χ2n) is 6.49. The maximum absolute atomic E-state index is 5.38. The van der Waals surface area contributed by atoms with Gasteiger partial charge in [0.2, 0.25) is 5.95 Å². The molecular formula is C19H27N5O. The van der Waals surface area contributed by atoms with E-state index in [0.29, 0.717) is 5.95 Å². The van der Waals surface area contributed by atoms with Crippen LogP contribution in [-0.4, -0.2) is 54.3 Å². The van der Waals surface area contributed by atoms with Gasteiger partial charge in [-0.2, -0.15) is 4.98 Å². The van der Waals surface area contributed by atoms with Gasteiger partial charge >= 0.3 is 0 Å². The zero-order chi connectivity index (χ0) is 17.6. The Bertz CT molecular complexity index is 693. The number of benzene rings is 1. The number of aryl methyl sites for hydroxylation is 3. The first-order chi connectivity index (χ1) is 12.1. The van der Waals surface area contributed by atoms with Gasteiger partial charge in [0.25, 0.3) is 0 Å². The Labute approximate surface area is 149 Å². The van der Waals surface area contributed by atoms with Crippen LogP contribution >= 0.6 is 0 Å². The van der Waals surface area contributed by atoms with E-state index in [9.17, 15) is 0 Å². The molecule has 2 aromatic rings. The van der Waals surface area contributed by atoms with Gasteiger partial charge in [-0.1, -0.05) is 18.2 Å². The fourth-order valence-corrected chi connectivity index (χ4v) is 3.00. The Hall–Kier alpha value is -2.18. The first kappa shape index (κ1) is 17.6. The van der Waals surface area contributed by atoms with Gasteiger partial charge in [-0.05, 0) is 31.9 Å². The van der Waals surface area contributed by atoms with Crippen LogP contribution in [0.15, 0.2) is 24.3 Å². The van der Waals surface area contributed by atoms with Crippen molar-refractivity contribution >= 4 is 17.5 Å². The number of hydrogen-bond acceptors (Lipinski definition) is 6. The first-order valence-corrected chi connectivity index (χ1v) is 8.85. The lowest BCUT2D eigenvalue weighted by Gasteiger charge is -2.26. The monoisotopic (exact) mass is 341 g/mol. The second-order valence-corrected chi connectivity index (χ2v) is 6.49. The van der Waals surface area contributed by atoms with E-state index in [-0.39, 0.29) is 0 Å². The van der Waals surface area contributed by atoms with Crippen molar-refractivity contribution in [3.8, 4) is 0 Å². The summed E-state index contributed by atoms with van der Waals surface area (Å²) in [7, 11) is 0. The summed E-state index contributed by atoms with van der Waals surface area (Å²) in [5.41, 5.74) is 4.47. The topological polar surface area (TPSA) is 62.3 Å². The number of hydrogen-bond donors (Lipinski definition) is 2. The highest BCUT2D eigenvalue weighted by atomic mass is 16.5. The Morgan fingerprint density at radius 2 is 1.80 bits per heavy atom. The molecule has 25 heavy (non-hydrogen) atoms. The Balaban J connectivity index is 1.64. The molecule has 0 spiro atoms. The van der Waals surface area contributed by atoms with Gasteiger partial charge in [-0.25, -0.2) is 4.98 Å². The van der Waals surface area contributed by atoms with Crippen molar-refractivity contribution in [2.75, 3.05) is 50.0 Å². The molecule has 0 amide bonds. The van der Waals surface area contributed by atoms with Crippen molar-refractivity contribution in [3.05, 3.63) is 41.1 Å². The van der Waals surface area contributed by atoms with Crippen LogP contribution in [0.3, 0.4) is 0 Å². The highest BCUT2D eigenvalue weighted by Gasteiger charge is 2.10. The summed E-state index contributed by atoms with van der Waals surface area (Å²) in [5.74, 6) is 1.49. The quantitative estimate of drug-likeness (QED) is 0.842. The predicted molar refractivity (Wildman–Crippen MR) is 102 cm³/mol. The lowest BCUT2D eigenvalue weighted by molar-refractivity contribution is 0.0398. The fraction of sp³-hybridized carbons (Fsp3) is 0.474. The number of nitrogens with zero attached hydrogens (tertiary/aromatic N) is 3. The number of para-hydroxylation sites is 1. The highest BCUT2D eigenvalue weighted by Crippen LogP contribution is 2.24. The molecule has 0 aliphatic carbocycles. The predicted octanol–water partition coefficient (Wildman–Crippen LogP) is 2.89. The van der Waals surface area contributed by atoms with Crippen molar-refractivity contribution in [2.24, 2.45) is 0 Å². The van der Waals surface area contributed by atoms with E-state index in [1.807, 2.05) is 13.0 Å². The maximum atomic E-state index is 5.38. The van der Waals surface area contributed by atoms with Crippen LogP contribution in [-0.2, 0) is 4.74 Å². The Kier molecular flexibility index (Phi) is 5.83. The van der Waals surface area contributed by atoms with Crippen molar-refractivity contribution < 1.29 is 4.74 Å². The highest BCUT2D eigenvalue weighted by molar-refractivity contribution is 5.65. The smallest absolute Gasteiger partial charge is 0.224 e. The van der Waals surface area contributed by atoms with E-state index in [2.05, 4.69) is 57.5 Å². The molecule has 1 saturated heterocycles. The van der Waals surface area contributed by atoms with Crippen molar-refractivity contribution in [3.63, 3.8) is 0 Å². The molecule has 1 aliphatic heterocycles. The largest absolute Gasteiger partial charge is 0.379 e. The van der Waals surface area contributed by atoms with Gasteiger partial charge < -0.3 is 15.4 Å². The van der Waals surface area contributed by atoms with Gasteiger partial charge in [-0.15, -0.1) is 0 Å². The average Bonchev–Trinajstić information content (AvgIpc) is 2.59. The number of rotatable bonds is 6. The van der Waals surface area contributed by atoms with Crippen molar-refractivity contribution in [1.29, 1.82) is 0 Å². The molecule has 3 rings (SSSR count). The molecule has 6 nitrogen and oxygen atoms in total. The van der Waals surface area contributed by atoms with E-state index < -0.39 is 0 Å². The summed E-state index contributed by atoms with van der Waals surface area (Å²) in [6.45, 7) is 11.6. The van der Waals surface area contributed by atoms with E-state index in [4.69, 9.17) is 4.74 Å².